The molecule has 134 valence electrons. The molecule has 1 aromatic carbocycles. The summed E-state index contributed by atoms with van der Waals surface area (Å²) in [5, 5.41) is 25.9. The number of aliphatic hydroxyl groups is 1. The highest BCUT2D eigenvalue weighted by molar-refractivity contribution is 6.13. The average Bonchev–Trinajstić information content (AvgIpc) is 3.05. The van der Waals surface area contributed by atoms with Gasteiger partial charge in [-0.05, 0) is 43.5 Å². The molecule has 1 aromatic rings. The fourth-order valence-electron chi connectivity index (χ4n) is 3.20. The Kier molecular flexibility index (Phi) is 4.62. The molecule has 2 aliphatic rings. The first-order chi connectivity index (χ1) is 12.3. The summed E-state index contributed by atoms with van der Waals surface area (Å²) in [4.78, 5) is 17.0. The Labute approximate surface area is 150 Å². The van der Waals surface area contributed by atoms with Crippen LogP contribution in [0.3, 0.4) is 0 Å². The zero-order valence-corrected chi connectivity index (χ0v) is 14.6. The molecule has 0 saturated heterocycles. The van der Waals surface area contributed by atoms with E-state index in [0.717, 1.165) is 0 Å². The summed E-state index contributed by atoms with van der Waals surface area (Å²) < 4.78 is 13.9. The van der Waals surface area contributed by atoms with E-state index in [0.29, 0.717) is 30.2 Å². The van der Waals surface area contributed by atoms with Crippen LogP contribution in [-0.2, 0) is 4.79 Å². The molecule has 0 fully saturated rings. The number of guanidine groups is 1. The summed E-state index contributed by atoms with van der Waals surface area (Å²) in [5.41, 5.74) is 0.0193. The normalized spacial score (nSPS) is 22.3. The van der Waals surface area contributed by atoms with E-state index in [-0.39, 0.29) is 23.1 Å². The number of nitrogens with one attached hydrogen (secondary N) is 2. The third-order valence-corrected chi connectivity index (χ3v) is 4.35. The Morgan fingerprint density at radius 1 is 1.46 bits per heavy atom. The van der Waals surface area contributed by atoms with Gasteiger partial charge in [0.1, 0.15) is 5.82 Å². The van der Waals surface area contributed by atoms with E-state index in [1.165, 1.54) is 19.1 Å². The minimum atomic E-state index is -1.50. The molecule has 0 aromatic heterocycles. The van der Waals surface area contributed by atoms with Crippen LogP contribution in [0.5, 0.6) is 0 Å². The lowest BCUT2D eigenvalue weighted by Gasteiger charge is -2.31. The number of rotatable bonds is 2. The molecule has 1 heterocycles. The summed E-state index contributed by atoms with van der Waals surface area (Å²) in [7, 11) is 0. The number of nitriles is 1. The van der Waals surface area contributed by atoms with E-state index in [1.807, 2.05) is 0 Å². The Morgan fingerprint density at radius 3 is 2.85 bits per heavy atom. The Hall–Kier alpha value is -2.98. The number of allylic oxidation sites excluding steroid dienone is 2. The molecule has 1 aliphatic heterocycles. The van der Waals surface area contributed by atoms with Gasteiger partial charge < -0.3 is 10.4 Å². The van der Waals surface area contributed by atoms with Crippen LogP contribution in [0.1, 0.15) is 24.5 Å². The largest absolute Gasteiger partial charge is 0.385 e. The number of aliphatic imine (C=N–C) groups is 1. The molecule has 0 spiro atoms. The average molecular weight is 354 g/mol. The number of aryl methyl sites for hydroxylation is 1. The minimum Gasteiger partial charge on any atom is -0.385 e. The van der Waals surface area contributed by atoms with Gasteiger partial charge in [0.15, 0.2) is 5.96 Å². The monoisotopic (exact) mass is 354 g/mol. The van der Waals surface area contributed by atoms with E-state index in [1.54, 1.807) is 19.1 Å². The molecule has 3 rings (SSSR count). The maximum Gasteiger partial charge on any atom is 0.257 e. The molecule has 26 heavy (non-hydrogen) atoms. The fourth-order valence-corrected chi connectivity index (χ4v) is 3.20. The number of benzene rings is 1. The highest BCUT2D eigenvalue weighted by atomic mass is 19.1. The van der Waals surface area contributed by atoms with Gasteiger partial charge in [-0.1, -0.05) is 12.1 Å². The van der Waals surface area contributed by atoms with Crippen LogP contribution in [0.15, 0.2) is 40.4 Å². The number of nitrogens with zero attached hydrogens (tertiary/aromatic N) is 2. The zero-order valence-electron chi connectivity index (χ0n) is 14.6. The second-order valence-electron chi connectivity index (χ2n) is 6.59. The Bertz CT molecular complexity index is 886. The van der Waals surface area contributed by atoms with Gasteiger partial charge in [-0.2, -0.15) is 5.26 Å². The quantitative estimate of drug-likeness (QED) is 0.751. The highest BCUT2D eigenvalue weighted by Crippen LogP contribution is 2.39. The highest BCUT2D eigenvalue weighted by Gasteiger charge is 2.38. The van der Waals surface area contributed by atoms with Crippen molar-refractivity contribution < 1.29 is 14.3 Å². The van der Waals surface area contributed by atoms with Crippen molar-refractivity contribution in [3.63, 3.8) is 0 Å². The molecular formula is C19H19FN4O2. The van der Waals surface area contributed by atoms with Crippen molar-refractivity contribution in [1.29, 1.82) is 5.26 Å². The predicted molar refractivity (Wildman–Crippen MR) is 95.4 cm³/mol. The molecule has 1 amide bonds. The maximum atomic E-state index is 13.9. The number of hydrogen-bond acceptors (Lipinski definition) is 5. The number of carbonyl (C=O) groups excluding carboxylic acids is 1. The Morgan fingerprint density at radius 2 is 2.23 bits per heavy atom. The fraction of sp³-hybridized carbons (Fsp3) is 0.316. The van der Waals surface area contributed by atoms with Gasteiger partial charge in [0.25, 0.3) is 5.91 Å². The lowest BCUT2D eigenvalue weighted by molar-refractivity contribution is -0.118. The molecule has 1 atom stereocenters. The molecule has 1 unspecified atom stereocenters. The van der Waals surface area contributed by atoms with Crippen LogP contribution < -0.4 is 10.6 Å². The lowest BCUT2D eigenvalue weighted by Crippen LogP contribution is -2.45. The number of halogens is 1. The number of hydrogen-bond donors (Lipinski definition) is 3. The van der Waals surface area contributed by atoms with Gasteiger partial charge in [0.05, 0.1) is 29.4 Å². The molecule has 0 bridgehead atoms. The molecule has 0 radical (unpaired) electrons. The van der Waals surface area contributed by atoms with Crippen LogP contribution in [0.4, 0.5) is 4.39 Å². The van der Waals surface area contributed by atoms with Crippen molar-refractivity contribution in [3.8, 4) is 6.07 Å². The molecule has 6 nitrogen and oxygen atoms in total. The summed E-state index contributed by atoms with van der Waals surface area (Å²) >= 11 is 0. The Balaban J connectivity index is 2.18. The smallest absolute Gasteiger partial charge is 0.257 e. The van der Waals surface area contributed by atoms with Crippen molar-refractivity contribution in [1.82, 2.24) is 10.6 Å². The van der Waals surface area contributed by atoms with Gasteiger partial charge in [-0.15, -0.1) is 0 Å². The molecular weight excluding hydrogens is 335 g/mol. The first kappa shape index (κ1) is 17.8. The third kappa shape index (κ3) is 3.37. The summed E-state index contributed by atoms with van der Waals surface area (Å²) in [6, 6.07) is 6.35. The molecule has 3 N–H and O–H groups in total. The van der Waals surface area contributed by atoms with Crippen molar-refractivity contribution in [3.05, 3.63) is 52.4 Å². The van der Waals surface area contributed by atoms with Crippen molar-refractivity contribution >= 4 is 17.4 Å². The van der Waals surface area contributed by atoms with Gasteiger partial charge >= 0.3 is 0 Å². The topological polar surface area (TPSA) is 97.5 Å². The first-order valence-electron chi connectivity index (χ1n) is 8.27. The summed E-state index contributed by atoms with van der Waals surface area (Å²) in [6.45, 7) is 4.39. The molecule has 1 aliphatic carbocycles. The van der Waals surface area contributed by atoms with E-state index >= 15 is 0 Å². The van der Waals surface area contributed by atoms with Crippen LogP contribution in [0, 0.1) is 24.1 Å². The minimum absolute atomic E-state index is 0.0259. The zero-order chi connectivity index (χ0) is 18.9. The van der Waals surface area contributed by atoms with Gasteiger partial charge in [-0.25, -0.2) is 4.39 Å². The van der Waals surface area contributed by atoms with Gasteiger partial charge in [-0.3, -0.25) is 15.1 Å². The van der Waals surface area contributed by atoms with Crippen LogP contribution in [0.2, 0.25) is 0 Å². The molecule has 7 heteroatoms. The van der Waals surface area contributed by atoms with Gasteiger partial charge in [0.2, 0.25) is 0 Å². The van der Waals surface area contributed by atoms with E-state index < -0.39 is 17.3 Å². The van der Waals surface area contributed by atoms with Crippen LogP contribution >= 0.6 is 0 Å². The second kappa shape index (κ2) is 6.73. The summed E-state index contributed by atoms with van der Waals surface area (Å²) in [5.74, 6) is -0.723. The number of carbonyl (C=O) groups is 1. The van der Waals surface area contributed by atoms with E-state index in [9.17, 15) is 19.6 Å². The van der Waals surface area contributed by atoms with Crippen molar-refractivity contribution in [2.24, 2.45) is 4.99 Å². The molecule has 0 saturated carbocycles. The second-order valence-corrected chi connectivity index (χ2v) is 6.59. The first-order valence-corrected chi connectivity index (χ1v) is 8.27. The van der Waals surface area contributed by atoms with Crippen molar-refractivity contribution in [2.75, 3.05) is 13.1 Å². The number of amides is 1. The van der Waals surface area contributed by atoms with Crippen molar-refractivity contribution in [2.45, 2.75) is 25.9 Å². The maximum absolute atomic E-state index is 13.9. The van der Waals surface area contributed by atoms with Crippen LogP contribution in [0.25, 0.3) is 5.57 Å². The lowest BCUT2D eigenvalue weighted by atomic mass is 9.77. The standard InChI is InChI=1S/C19H19FN4O2/c1-11-7-13(9-14(20)8-11)15-12(10-21)3-4-19(2,26)16(15)17(25)24-18-22-5-6-23-18/h3,7-9,26H,4-6H2,1-2H3,(H2,22,23,24,25). The SMILES string of the molecule is Cc1cc(F)cc(C2=C(C(=O)NC3=NCCN3)C(C)(O)CC=C2C#N)c1. The van der Waals surface area contributed by atoms with Gasteiger partial charge in [0, 0.05) is 12.1 Å². The van der Waals surface area contributed by atoms with E-state index in [4.69, 9.17) is 0 Å². The summed E-state index contributed by atoms with van der Waals surface area (Å²) in [6.07, 6.45) is 1.67. The predicted octanol–water partition coefficient (Wildman–Crippen LogP) is 1.57. The third-order valence-electron chi connectivity index (χ3n) is 4.35. The van der Waals surface area contributed by atoms with E-state index in [2.05, 4.69) is 21.7 Å². The van der Waals surface area contributed by atoms with Crippen LogP contribution in [-0.4, -0.2) is 35.7 Å².